The molecule has 0 saturated carbocycles. The molecule has 2 aromatic carbocycles. The molecule has 1 atom stereocenters. The highest BCUT2D eigenvalue weighted by atomic mass is 16.5. The third kappa shape index (κ3) is 3.76. The van der Waals surface area contributed by atoms with E-state index in [2.05, 4.69) is 10.5 Å². The number of carbonyl (C=O) groups is 1. The highest BCUT2D eigenvalue weighted by Crippen LogP contribution is 2.15. The van der Waals surface area contributed by atoms with Crippen molar-refractivity contribution in [3.05, 3.63) is 71.8 Å². The smallest absolute Gasteiger partial charge is 0.273 e. The molecular weight excluding hydrogens is 252 g/mol. The fourth-order valence-electron chi connectivity index (χ4n) is 1.79. The van der Waals surface area contributed by atoms with E-state index in [0.717, 1.165) is 11.1 Å². The van der Waals surface area contributed by atoms with E-state index in [1.165, 1.54) is 7.11 Å². The molecule has 0 aliphatic carbocycles. The number of benzene rings is 2. The van der Waals surface area contributed by atoms with Crippen molar-refractivity contribution in [1.82, 2.24) is 5.43 Å². The Labute approximate surface area is 118 Å². The Bertz CT molecular complexity index is 568. The number of hydrogen-bond donors (Lipinski definition) is 1. The summed E-state index contributed by atoms with van der Waals surface area (Å²) in [6.45, 7) is 0. The standard InChI is InChI=1S/C16H16N2O2/c1-20-15(14-10-6-3-7-11-14)16(19)18-17-12-13-8-4-2-5-9-13/h2-12,15H,1H3,(H,18,19)/b17-12+. The lowest BCUT2D eigenvalue weighted by Gasteiger charge is -2.13. The maximum atomic E-state index is 12.0. The van der Waals surface area contributed by atoms with Crippen LogP contribution in [-0.2, 0) is 9.53 Å². The van der Waals surface area contributed by atoms with Gasteiger partial charge in [-0.3, -0.25) is 4.79 Å². The van der Waals surface area contributed by atoms with Crippen LogP contribution in [0.25, 0.3) is 0 Å². The molecule has 0 spiro atoms. The summed E-state index contributed by atoms with van der Waals surface area (Å²) in [4.78, 5) is 12.0. The van der Waals surface area contributed by atoms with Crippen LogP contribution in [0.2, 0.25) is 0 Å². The molecular formula is C16H16N2O2. The normalized spacial score (nSPS) is 12.2. The average molecular weight is 268 g/mol. The Hall–Kier alpha value is -2.46. The summed E-state index contributed by atoms with van der Waals surface area (Å²) in [5.74, 6) is -0.300. The number of ether oxygens (including phenoxy) is 1. The molecule has 0 aromatic heterocycles. The number of nitrogens with one attached hydrogen (secondary N) is 1. The predicted octanol–water partition coefficient (Wildman–Crippen LogP) is 2.52. The van der Waals surface area contributed by atoms with E-state index in [4.69, 9.17) is 4.74 Å². The largest absolute Gasteiger partial charge is 0.367 e. The highest BCUT2D eigenvalue weighted by Gasteiger charge is 2.18. The first-order valence-corrected chi connectivity index (χ1v) is 6.27. The highest BCUT2D eigenvalue weighted by molar-refractivity contribution is 5.85. The van der Waals surface area contributed by atoms with Crippen molar-refractivity contribution < 1.29 is 9.53 Å². The van der Waals surface area contributed by atoms with Gasteiger partial charge < -0.3 is 4.74 Å². The van der Waals surface area contributed by atoms with Gasteiger partial charge in [-0.05, 0) is 11.1 Å². The molecule has 0 aliphatic heterocycles. The van der Waals surface area contributed by atoms with E-state index in [1.54, 1.807) is 6.21 Å². The van der Waals surface area contributed by atoms with Gasteiger partial charge in [0.25, 0.3) is 5.91 Å². The number of carbonyl (C=O) groups excluding carboxylic acids is 1. The SMILES string of the molecule is COC(C(=O)N/N=C/c1ccccc1)c1ccccc1. The van der Waals surface area contributed by atoms with Crippen LogP contribution in [0.3, 0.4) is 0 Å². The summed E-state index contributed by atoms with van der Waals surface area (Å²) in [6, 6.07) is 18.8. The zero-order valence-electron chi connectivity index (χ0n) is 11.2. The van der Waals surface area contributed by atoms with Crippen LogP contribution in [0.5, 0.6) is 0 Å². The van der Waals surface area contributed by atoms with Crippen molar-refractivity contribution in [2.24, 2.45) is 5.10 Å². The van der Waals surface area contributed by atoms with Crippen LogP contribution < -0.4 is 5.43 Å². The van der Waals surface area contributed by atoms with Crippen LogP contribution in [0.4, 0.5) is 0 Å². The molecule has 0 saturated heterocycles. The van der Waals surface area contributed by atoms with Crippen molar-refractivity contribution >= 4 is 12.1 Å². The Balaban J connectivity index is 1.99. The van der Waals surface area contributed by atoms with Gasteiger partial charge in [-0.1, -0.05) is 60.7 Å². The monoisotopic (exact) mass is 268 g/mol. The number of nitrogens with zero attached hydrogens (tertiary/aromatic N) is 1. The summed E-state index contributed by atoms with van der Waals surface area (Å²) in [7, 11) is 1.50. The Morgan fingerprint density at radius 1 is 1.10 bits per heavy atom. The van der Waals surface area contributed by atoms with Crippen LogP contribution >= 0.6 is 0 Å². The number of rotatable bonds is 5. The molecule has 1 N–H and O–H groups in total. The lowest BCUT2D eigenvalue weighted by Crippen LogP contribution is -2.26. The average Bonchev–Trinajstić information content (AvgIpc) is 2.50. The predicted molar refractivity (Wildman–Crippen MR) is 78.4 cm³/mol. The van der Waals surface area contributed by atoms with Gasteiger partial charge in [0.2, 0.25) is 0 Å². The maximum absolute atomic E-state index is 12.0. The summed E-state index contributed by atoms with van der Waals surface area (Å²) < 4.78 is 5.21. The van der Waals surface area contributed by atoms with Gasteiger partial charge in [0.15, 0.2) is 6.10 Å². The topological polar surface area (TPSA) is 50.7 Å². The Kier molecular flexibility index (Phi) is 5.03. The lowest BCUT2D eigenvalue weighted by atomic mass is 10.1. The first-order valence-electron chi connectivity index (χ1n) is 6.27. The van der Waals surface area contributed by atoms with E-state index in [-0.39, 0.29) is 5.91 Å². The molecule has 0 aliphatic rings. The molecule has 2 rings (SSSR count). The quantitative estimate of drug-likeness (QED) is 0.669. The molecule has 1 unspecified atom stereocenters. The van der Waals surface area contributed by atoms with Crippen LogP contribution in [0.1, 0.15) is 17.2 Å². The first kappa shape index (κ1) is 14.0. The number of amides is 1. The lowest BCUT2D eigenvalue weighted by molar-refractivity contribution is -0.131. The third-order valence-electron chi connectivity index (χ3n) is 2.76. The number of methoxy groups -OCH3 is 1. The fourth-order valence-corrected chi connectivity index (χ4v) is 1.79. The summed E-state index contributed by atoms with van der Waals surface area (Å²) in [5, 5.41) is 3.93. The minimum atomic E-state index is -0.663. The molecule has 4 heteroatoms. The van der Waals surface area contributed by atoms with Gasteiger partial charge in [0, 0.05) is 7.11 Å². The summed E-state index contributed by atoms with van der Waals surface area (Å²) in [5.41, 5.74) is 4.20. The van der Waals surface area contributed by atoms with E-state index in [0.29, 0.717) is 0 Å². The van der Waals surface area contributed by atoms with Crippen molar-refractivity contribution in [1.29, 1.82) is 0 Å². The van der Waals surface area contributed by atoms with Crippen LogP contribution in [0, 0.1) is 0 Å². The van der Waals surface area contributed by atoms with Crippen molar-refractivity contribution in [2.45, 2.75) is 6.10 Å². The molecule has 102 valence electrons. The molecule has 4 nitrogen and oxygen atoms in total. The van der Waals surface area contributed by atoms with Gasteiger partial charge in [-0.2, -0.15) is 5.10 Å². The summed E-state index contributed by atoms with van der Waals surface area (Å²) >= 11 is 0. The van der Waals surface area contributed by atoms with Gasteiger partial charge in [0.05, 0.1) is 6.21 Å². The zero-order chi connectivity index (χ0) is 14.2. The van der Waals surface area contributed by atoms with Crippen molar-refractivity contribution in [2.75, 3.05) is 7.11 Å². The third-order valence-corrected chi connectivity index (χ3v) is 2.76. The van der Waals surface area contributed by atoms with E-state index in [9.17, 15) is 4.79 Å². The maximum Gasteiger partial charge on any atom is 0.273 e. The van der Waals surface area contributed by atoms with E-state index >= 15 is 0 Å². The van der Waals surface area contributed by atoms with Crippen LogP contribution in [0.15, 0.2) is 65.8 Å². The minimum absolute atomic E-state index is 0.300. The summed E-state index contributed by atoms with van der Waals surface area (Å²) in [6.07, 6.45) is 0.930. The van der Waals surface area contributed by atoms with Gasteiger partial charge in [-0.25, -0.2) is 5.43 Å². The first-order chi connectivity index (χ1) is 9.81. The number of hydrazone groups is 1. The Morgan fingerprint density at radius 3 is 2.30 bits per heavy atom. The zero-order valence-corrected chi connectivity index (χ0v) is 11.2. The van der Waals surface area contributed by atoms with E-state index in [1.807, 2.05) is 60.7 Å². The minimum Gasteiger partial charge on any atom is -0.367 e. The van der Waals surface area contributed by atoms with Crippen molar-refractivity contribution in [3.8, 4) is 0 Å². The van der Waals surface area contributed by atoms with Crippen LogP contribution in [-0.4, -0.2) is 19.2 Å². The molecule has 2 aromatic rings. The second-order valence-corrected chi connectivity index (χ2v) is 4.17. The molecule has 20 heavy (non-hydrogen) atoms. The second-order valence-electron chi connectivity index (χ2n) is 4.17. The molecule has 0 radical (unpaired) electrons. The Morgan fingerprint density at radius 2 is 1.70 bits per heavy atom. The van der Waals surface area contributed by atoms with Crippen molar-refractivity contribution in [3.63, 3.8) is 0 Å². The second kappa shape index (κ2) is 7.21. The van der Waals surface area contributed by atoms with Gasteiger partial charge >= 0.3 is 0 Å². The van der Waals surface area contributed by atoms with E-state index < -0.39 is 6.10 Å². The molecule has 0 heterocycles. The molecule has 0 fully saturated rings. The van der Waals surface area contributed by atoms with Gasteiger partial charge in [-0.15, -0.1) is 0 Å². The molecule has 1 amide bonds. The molecule has 0 bridgehead atoms. The fraction of sp³-hybridized carbons (Fsp3) is 0.125. The number of hydrogen-bond acceptors (Lipinski definition) is 3. The van der Waals surface area contributed by atoms with Gasteiger partial charge in [0.1, 0.15) is 0 Å².